The number of aromatic nitrogens is 4. The van der Waals surface area contributed by atoms with Gasteiger partial charge in [0.25, 0.3) is 5.56 Å². The van der Waals surface area contributed by atoms with E-state index >= 15 is 0 Å². The molecule has 164 valence electrons. The number of hydrogen-bond acceptors (Lipinski definition) is 6. The van der Waals surface area contributed by atoms with E-state index in [1.165, 1.54) is 16.8 Å². The number of carbonyl (C=O) groups excluding carboxylic acids is 1. The highest BCUT2D eigenvalue weighted by Gasteiger charge is 2.40. The molecule has 10 heteroatoms. The van der Waals surface area contributed by atoms with E-state index in [0.29, 0.717) is 12.4 Å². The number of fused-ring (bicyclic) bond motifs is 1. The van der Waals surface area contributed by atoms with E-state index in [-0.39, 0.29) is 32.1 Å². The fraction of sp³-hybridized carbons (Fsp3) is 0.429. The highest BCUT2D eigenvalue weighted by atomic mass is 16.5. The van der Waals surface area contributed by atoms with E-state index in [1.807, 2.05) is 25.1 Å². The van der Waals surface area contributed by atoms with Gasteiger partial charge in [-0.15, -0.1) is 0 Å². The van der Waals surface area contributed by atoms with E-state index in [0.717, 1.165) is 16.6 Å². The number of nitrogens with one attached hydrogen (secondary N) is 2. The molecule has 10 nitrogen and oxygen atoms in total. The molecule has 3 N–H and O–H groups in total. The molecule has 1 aromatic carbocycles. The van der Waals surface area contributed by atoms with Gasteiger partial charge in [-0.1, -0.05) is 6.07 Å². The zero-order chi connectivity index (χ0) is 22.2. The molecule has 1 amide bonds. The number of carbonyl (C=O) groups is 1. The number of aryl methyl sites for hydroxylation is 1. The fourth-order valence-electron chi connectivity index (χ4n) is 3.88. The topological polar surface area (TPSA) is 133 Å². The number of rotatable bonds is 5. The lowest BCUT2D eigenvalue weighted by Crippen LogP contribution is -2.55. The molecule has 0 bridgehead atoms. The van der Waals surface area contributed by atoms with Crippen LogP contribution in [-0.2, 0) is 16.1 Å². The first kappa shape index (κ1) is 21.0. The molecule has 1 fully saturated rings. The highest BCUT2D eigenvalue weighted by molar-refractivity contribution is 5.78. The third kappa shape index (κ3) is 4.44. The number of imidazole rings is 1. The van der Waals surface area contributed by atoms with Gasteiger partial charge in [0, 0.05) is 25.4 Å². The number of amides is 1. The number of aromatic amines is 2. The molecule has 1 saturated heterocycles. The molecule has 0 spiro atoms. The maximum Gasteiger partial charge on any atom is 0.328 e. The Bertz CT molecular complexity index is 1220. The lowest BCUT2D eigenvalue weighted by atomic mass is 9.88. The van der Waals surface area contributed by atoms with Crippen molar-refractivity contribution in [3.05, 3.63) is 62.7 Å². The van der Waals surface area contributed by atoms with Crippen LogP contribution in [0.4, 0.5) is 0 Å². The standard InChI is InChI=1S/C21H25N5O5/c1-13-3-4-14-15(9-13)23-17(22-14)11-31-12-19(28)25-8-6-21(2,30)16(10-25)26-7-5-18(27)24-20(26)29/h3-5,7,9,16,30H,6,8,10-12H2,1-2H3,(H,22,23)(H,24,27,29)/t16-,21-/m1/s1. The minimum Gasteiger partial charge on any atom is -0.388 e. The summed E-state index contributed by atoms with van der Waals surface area (Å²) < 4.78 is 6.83. The van der Waals surface area contributed by atoms with E-state index < -0.39 is 22.9 Å². The van der Waals surface area contributed by atoms with Crippen LogP contribution in [0.2, 0.25) is 0 Å². The van der Waals surface area contributed by atoms with Gasteiger partial charge in [0.15, 0.2) is 0 Å². The van der Waals surface area contributed by atoms with Crippen LogP contribution >= 0.6 is 0 Å². The minimum atomic E-state index is -1.20. The summed E-state index contributed by atoms with van der Waals surface area (Å²) in [5.41, 5.74) is 0.532. The number of hydrogen-bond donors (Lipinski definition) is 3. The summed E-state index contributed by atoms with van der Waals surface area (Å²) in [6.45, 7) is 4.11. The molecule has 1 aliphatic rings. The van der Waals surface area contributed by atoms with E-state index in [2.05, 4.69) is 15.0 Å². The molecular weight excluding hydrogens is 402 g/mol. The molecule has 31 heavy (non-hydrogen) atoms. The Hall–Kier alpha value is -3.24. The molecule has 2 aromatic heterocycles. The van der Waals surface area contributed by atoms with Crippen LogP contribution in [0.3, 0.4) is 0 Å². The van der Waals surface area contributed by atoms with E-state index in [1.54, 1.807) is 11.8 Å². The number of likely N-dealkylation sites (tertiary alicyclic amines) is 1. The predicted octanol–water partition coefficient (Wildman–Crippen LogP) is 0.463. The Morgan fingerprint density at radius 3 is 2.90 bits per heavy atom. The Morgan fingerprint density at radius 1 is 1.32 bits per heavy atom. The number of nitrogens with zero attached hydrogens (tertiary/aromatic N) is 3. The van der Waals surface area contributed by atoms with Crippen molar-refractivity contribution in [3.8, 4) is 0 Å². The summed E-state index contributed by atoms with van der Waals surface area (Å²) in [7, 11) is 0. The summed E-state index contributed by atoms with van der Waals surface area (Å²) in [6.07, 6.45) is 1.63. The third-order valence-electron chi connectivity index (χ3n) is 5.69. The van der Waals surface area contributed by atoms with Crippen LogP contribution in [0, 0.1) is 6.92 Å². The second-order valence-corrected chi connectivity index (χ2v) is 8.18. The number of benzene rings is 1. The zero-order valence-electron chi connectivity index (χ0n) is 17.4. The van der Waals surface area contributed by atoms with Crippen molar-refractivity contribution in [2.45, 2.75) is 38.5 Å². The molecule has 0 aliphatic carbocycles. The van der Waals surface area contributed by atoms with E-state index in [4.69, 9.17) is 4.74 Å². The second-order valence-electron chi connectivity index (χ2n) is 8.18. The van der Waals surface area contributed by atoms with Gasteiger partial charge in [0.1, 0.15) is 19.0 Å². The average molecular weight is 427 g/mol. The van der Waals surface area contributed by atoms with Crippen LogP contribution in [-0.4, -0.2) is 60.7 Å². The smallest absolute Gasteiger partial charge is 0.328 e. The van der Waals surface area contributed by atoms with Gasteiger partial charge < -0.3 is 19.7 Å². The monoisotopic (exact) mass is 427 g/mol. The van der Waals surface area contributed by atoms with Gasteiger partial charge in [0.2, 0.25) is 5.91 Å². The average Bonchev–Trinajstić information content (AvgIpc) is 3.10. The molecule has 0 unspecified atom stereocenters. The van der Waals surface area contributed by atoms with Crippen molar-refractivity contribution >= 4 is 16.9 Å². The van der Waals surface area contributed by atoms with E-state index in [9.17, 15) is 19.5 Å². The van der Waals surface area contributed by atoms with Gasteiger partial charge in [-0.25, -0.2) is 9.78 Å². The largest absolute Gasteiger partial charge is 0.388 e. The molecule has 2 atom stereocenters. The van der Waals surface area contributed by atoms with Gasteiger partial charge >= 0.3 is 5.69 Å². The van der Waals surface area contributed by atoms with Gasteiger partial charge in [-0.2, -0.15) is 0 Å². The summed E-state index contributed by atoms with van der Waals surface area (Å²) in [5.74, 6) is 0.387. The summed E-state index contributed by atoms with van der Waals surface area (Å²) >= 11 is 0. The lowest BCUT2D eigenvalue weighted by Gasteiger charge is -2.43. The SMILES string of the molecule is Cc1ccc2nc(COCC(=O)N3CC[C@@](C)(O)[C@H](n4ccc(=O)[nH]c4=O)C3)[nH]c2c1. The Kier molecular flexibility index (Phi) is 5.50. The zero-order valence-corrected chi connectivity index (χ0v) is 17.4. The van der Waals surface area contributed by atoms with Gasteiger partial charge in [-0.3, -0.25) is 19.1 Å². The summed E-state index contributed by atoms with van der Waals surface area (Å²) in [5, 5.41) is 10.8. The third-order valence-corrected chi connectivity index (χ3v) is 5.69. The minimum absolute atomic E-state index is 0.130. The molecule has 3 aromatic rings. The molecule has 0 saturated carbocycles. The molecule has 0 radical (unpaired) electrons. The quantitative estimate of drug-likeness (QED) is 0.542. The predicted molar refractivity (Wildman–Crippen MR) is 113 cm³/mol. The molecule has 4 rings (SSSR count). The second kappa shape index (κ2) is 8.12. The van der Waals surface area contributed by atoms with Crippen LogP contribution in [0.25, 0.3) is 11.0 Å². The normalized spacial score (nSPS) is 21.5. The first-order valence-corrected chi connectivity index (χ1v) is 10.1. The van der Waals surface area contributed by atoms with Crippen LogP contribution in [0.15, 0.2) is 40.1 Å². The Morgan fingerprint density at radius 2 is 2.13 bits per heavy atom. The number of ether oxygens (including phenoxy) is 1. The van der Waals surface area contributed by atoms with Crippen molar-refractivity contribution in [1.29, 1.82) is 0 Å². The maximum atomic E-state index is 12.7. The van der Waals surface area contributed by atoms with Gasteiger partial charge in [0.05, 0.1) is 22.7 Å². The lowest BCUT2D eigenvalue weighted by molar-refractivity contribution is -0.143. The first-order valence-electron chi connectivity index (χ1n) is 10.1. The molecule has 1 aliphatic heterocycles. The van der Waals surface area contributed by atoms with Crippen LogP contribution < -0.4 is 11.2 Å². The number of H-pyrrole nitrogens is 2. The Balaban J connectivity index is 1.39. The van der Waals surface area contributed by atoms with Gasteiger partial charge in [-0.05, 0) is 38.0 Å². The number of aliphatic hydroxyl groups is 1. The number of piperidine rings is 1. The van der Waals surface area contributed by atoms with Crippen LogP contribution in [0.1, 0.15) is 30.8 Å². The maximum absolute atomic E-state index is 12.7. The van der Waals surface area contributed by atoms with Crippen molar-refractivity contribution in [1.82, 2.24) is 24.4 Å². The molecular formula is C21H25N5O5. The van der Waals surface area contributed by atoms with Crippen molar-refractivity contribution in [2.75, 3.05) is 19.7 Å². The van der Waals surface area contributed by atoms with Crippen LogP contribution in [0.5, 0.6) is 0 Å². The van der Waals surface area contributed by atoms with Crippen molar-refractivity contribution in [2.24, 2.45) is 0 Å². The summed E-state index contributed by atoms with van der Waals surface area (Å²) in [6, 6.07) is 6.43. The molecule has 3 heterocycles. The highest BCUT2D eigenvalue weighted by Crippen LogP contribution is 2.30. The first-order chi connectivity index (χ1) is 14.7. The van der Waals surface area contributed by atoms with Crippen molar-refractivity contribution in [3.63, 3.8) is 0 Å². The Labute approximate surface area is 177 Å². The fourth-order valence-corrected chi connectivity index (χ4v) is 3.88. The summed E-state index contributed by atoms with van der Waals surface area (Å²) in [4.78, 5) is 47.6. The van der Waals surface area contributed by atoms with Crippen molar-refractivity contribution < 1.29 is 14.6 Å².